The molecular formula is C29H49N11O6. The van der Waals surface area contributed by atoms with Gasteiger partial charge >= 0.3 is 5.97 Å². The number of carbonyl (C=O) groups excluding carboxylic acids is 4. The van der Waals surface area contributed by atoms with Gasteiger partial charge in [0.25, 0.3) is 0 Å². The molecule has 0 bridgehead atoms. The highest BCUT2D eigenvalue weighted by Gasteiger charge is 2.31. The minimum absolute atomic E-state index is 0.0574. The van der Waals surface area contributed by atoms with Gasteiger partial charge in [-0.3, -0.25) is 34.0 Å². The lowest BCUT2D eigenvalue weighted by atomic mass is 10.00. The average Bonchev–Trinajstić information content (AvgIpc) is 2.98. The minimum atomic E-state index is -1.25. The van der Waals surface area contributed by atoms with Crippen molar-refractivity contribution >= 4 is 41.5 Å². The van der Waals surface area contributed by atoms with Gasteiger partial charge in [-0.05, 0) is 43.6 Å². The molecule has 0 saturated carbocycles. The number of aliphatic carboxylic acids is 1. The Labute approximate surface area is 268 Å². The first-order valence-corrected chi connectivity index (χ1v) is 15.0. The van der Waals surface area contributed by atoms with Crippen molar-refractivity contribution in [2.24, 2.45) is 44.6 Å². The zero-order chi connectivity index (χ0) is 34.6. The Morgan fingerprint density at radius 2 is 1.26 bits per heavy atom. The highest BCUT2D eigenvalue weighted by molar-refractivity contribution is 5.95. The third kappa shape index (κ3) is 16.8. The first-order chi connectivity index (χ1) is 21.7. The van der Waals surface area contributed by atoms with E-state index in [0.717, 1.165) is 5.56 Å². The van der Waals surface area contributed by atoms with Gasteiger partial charge in [-0.25, -0.2) is 0 Å². The number of hydrogen-bond acceptors (Lipinski definition) is 8. The number of carboxylic acids is 1. The summed E-state index contributed by atoms with van der Waals surface area (Å²) in [5.74, 6) is -4.11. The zero-order valence-electron chi connectivity index (χ0n) is 26.4. The number of nitrogens with two attached hydrogens (primary N) is 5. The summed E-state index contributed by atoms with van der Waals surface area (Å²) in [6, 6.07) is 4.58. The van der Waals surface area contributed by atoms with Crippen LogP contribution in [0.3, 0.4) is 0 Å². The summed E-state index contributed by atoms with van der Waals surface area (Å²) in [5, 5.41) is 19.3. The second-order valence-electron chi connectivity index (χ2n) is 11.1. The molecule has 0 aliphatic carbocycles. The summed E-state index contributed by atoms with van der Waals surface area (Å²) < 4.78 is 0. The summed E-state index contributed by atoms with van der Waals surface area (Å²) in [6.07, 6.45) is 1.39. The number of rotatable bonds is 21. The van der Waals surface area contributed by atoms with E-state index < -0.39 is 60.3 Å². The quantitative estimate of drug-likeness (QED) is 0.0374. The molecule has 0 aromatic heterocycles. The van der Waals surface area contributed by atoms with Gasteiger partial charge in [-0.15, -0.1) is 0 Å². The van der Waals surface area contributed by atoms with Crippen LogP contribution in [0.15, 0.2) is 40.3 Å². The van der Waals surface area contributed by atoms with Crippen molar-refractivity contribution in [2.45, 2.75) is 76.5 Å². The molecule has 4 amide bonds. The smallest absolute Gasteiger partial charge is 0.322 e. The third-order valence-corrected chi connectivity index (χ3v) is 6.55. The van der Waals surface area contributed by atoms with Crippen molar-refractivity contribution < 1.29 is 29.1 Å². The monoisotopic (exact) mass is 647 g/mol. The van der Waals surface area contributed by atoms with Gasteiger partial charge in [0.2, 0.25) is 23.6 Å². The number of amides is 4. The molecule has 46 heavy (non-hydrogen) atoms. The fourth-order valence-corrected chi connectivity index (χ4v) is 4.29. The maximum Gasteiger partial charge on any atom is 0.322 e. The van der Waals surface area contributed by atoms with Crippen molar-refractivity contribution in [3.05, 3.63) is 35.9 Å². The van der Waals surface area contributed by atoms with Gasteiger partial charge < -0.3 is 55.0 Å². The highest BCUT2D eigenvalue weighted by Crippen LogP contribution is 2.10. The Hall–Kier alpha value is -4.93. The predicted molar refractivity (Wildman–Crippen MR) is 174 cm³/mol. The standard InChI is InChI=1S/C29H49N11O6/c1-17(2)14-21(27(46)40-22(25(44)37-16-23(41)42)15-18-8-4-3-5-9-18)39-26(45)20(11-7-13-36-29(33)34)38-24(43)19(30)10-6-12-35-28(31)32/h3-5,8-9,17,19-22H,6-7,10-16,30H2,1-2H3,(H,37,44)(H,38,43)(H,39,45)(H,40,46)(H,41,42)(H4,31,32,35)(H4,33,34,36)/t19-,20-,21-,22-/m0/s1. The van der Waals surface area contributed by atoms with Gasteiger partial charge in [-0.1, -0.05) is 44.2 Å². The maximum absolute atomic E-state index is 13.5. The number of nitrogens with one attached hydrogen (secondary N) is 4. The summed E-state index contributed by atoms with van der Waals surface area (Å²) in [4.78, 5) is 71.6. The fraction of sp³-hybridized carbons (Fsp3) is 0.552. The van der Waals surface area contributed by atoms with E-state index in [-0.39, 0.29) is 56.6 Å². The minimum Gasteiger partial charge on any atom is -0.480 e. The van der Waals surface area contributed by atoms with Crippen LogP contribution in [0.4, 0.5) is 0 Å². The summed E-state index contributed by atoms with van der Waals surface area (Å²) in [6.45, 7) is 3.53. The number of nitrogens with zero attached hydrogens (tertiary/aromatic N) is 2. The van der Waals surface area contributed by atoms with Gasteiger partial charge in [0.05, 0.1) is 6.04 Å². The third-order valence-electron chi connectivity index (χ3n) is 6.55. The molecule has 0 aliphatic rings. The molecular weight excluding hydrogens is 598 g/mol. The predicted octanol–water partition coefficient (Wildman–Crippen LogP) is -2.64. The Balaban J connectivity index is 3.13. The molecule has 0 heterocycles. The van der Waals surface area contributed by atoms with Crippen LogP contribution in [-0.2, 0) is 30.4 Å². The van der Waals surface area contributed by atoms with Gasteiger partial charge in [0.15, 0.2) is 11.9 Å². The molecule has 1 aromatic carbocycles. The van der Waals surface area contributed by atoms with Crippen molar-refractivity contribution in [1.29, 1.82) is 0 Å². The molecule has 15 N–H and O–H groups in total. The van der Waals surface area contributed by atoms with Crippen molar-refractivity contribution in [3.63, 3.8) is 0 Å². The van der Waals surface area contributed by atoms with Gasteiger partial charge in [0.1, 0.15) is 24.7 Å². The fourth-order valence-electron chi connectivity index (χ4n) is 4.29. The van der Waals surface area contributed by atoms with E-state index >= 15 is 0 Å². The van der Waals surface area contributed by atoms with Crippen molar-refractivity contribution in [3.8, 4) is 0 Å². The number of hydrogen-bond donors (Lipinski definition) is 10. The van der Waals surface area contributed by atoms with Crippen molar-refractivity contribution in [2.75, 3.05) is 19.6 Å². The topological polar surface area (TPSA) is 309 Å². The number of aliphatic imine (C=N–C) groups is 2. The number of guanidine groups is 2. The molecule has 0 spiro atoms. The van der Waals surface area contributed by atoms with E-state index in [0.29, 0.717) is 12.8 Å². The van der Waals surface area contributed by atoms with E-state index in [4.69, 9.17) is 33.8 Å². The van der Waals surface area contributed by atoms with Gasteiger partial charge in [-0.2, -0.15) is 0 Å². The Kier molecular flexibility index (Phi) is 17.8. The van der Waals surface area contributed by atoms with Crippen LogP contribution in [0.2, 0.25) is 0 Å². The van der Waals surface area contributed by atoms with E-state index in [1.807, 2.05) is 13.8 Å². The molecule has 0 aliphatic heterocycles. The number of carboxylic acid groups (broad SMARTS) is 1. The largest absolute Gasteiger partial charge is 0.480 e. The second kappa shape index (κ2) is 20.9. The van der Waals surface area contributed by atoms with Crippen LogP contribution in [0, 0.1) is 5.92 Å². The lowest BCUT2D eigenvalue weighted by Crippen LogP contribution is -2.58. The molecule has 17 heteroatoms. The Morgan fingerprint density at radius 3 is 1.80 bits per heavy atom. The lowest BCUT2D eigenvalue weighted by molar-refractivity contribution is -0.138. The molecule has 1 rings (SSSR count). The maximum atomic E-state index is 13.5. The van der Waals surface area contributed by atoms with Crippen LogP contribution >= 0.6 is 0 Å². The molecule has 0 saturated heterocycles. The molecule has 0 radical (unpaired) electrons. The van der Waals surface area contributed by atoms with E-state index in [1.165, 1.54) is 0 Å². The average molecular weight is 648 g/mol. The zero-order valence-corrected chi connectivity index (χ0v) is 26.4. The summed E-state index contributed by atoms with van der Waals surface area (Å²) in [5.41, 5.74) is 28.2. The molecule has 1 aromatic rings. The molecule has 0 fully saturated rings. The van der Waals surface area contributed by atoms with Crippen LogP contribution in [0.25, 0.3) is 0 Å². The SMILES string of the molecule is CC(C)C[C@H](NC(=O)[C@H](CCCN=C(N)N)NC(=O)[C@@H](N)CCCN=C(N)N)C(=O)N[C@@H](Cc1ccccc1)C(=O)NCC(=O)O. The van der Waals surface area contributed by atoms with E-state index in [9.17, 15) is 24.0 Å². The van der Waals surface area contributed by atoms with E-state index in [1.54, 1.807) is 30.3 Å². The van der Waals surface area contributed by atoms with Crippen LogP contribution in [-0.4, -0.2) is 90.4 Å². The highest BCUT2D eigenvalue weighted by atomic mass is 16.4. The van der Waals surface area contributed by atoms with Crippen molar-refractivity contribution in [1.82, 2.24) is 21.3 Å². The summed E-state index contributed by atoms with van der Waals surface area (Å²) in [7, 11) is 0. The van der Waals surface area contributed by atoms with Crippen LogP contribution in [0.1, 0.15) is 51.5 Å². The Bertz CT molecular complexity index is 1200. The first kappa shape index (κ1) is 39.1. The van der Waals surface area contributed by atoms with E-state index in [2.05, 4.69) is 31.3 Å². The van der Waals surface area contributed by atoms with Crippen LogP contribution < -0.4 is 49.9 Å². The number of benzene rings is 1. The molecule has 4 atom stereocenters. The first-order valence-electron chi connectivity index (χ1n) is 15.0. The normalized spacial score (nSPS) is 13.3. The summed E-state index contributed by atoms with van der Waals surface area (Å²) >= 11 is 0. The lowest BCUT2D eigenvalue weighted by Gasteiger charge is -2.27. The number of carbonyl (C=O) groups is 5. The van der Waals surface area contributed by atoms with Gasteiger partial charge in [0, 0.05) is 19.5 Å². The molecule has 17 nitrogen and oxygen atoms in total. The second-order valence-corrected chi connectivity index (χ2v) is 11.1. The Morgan fingerprint density at radius 1 is 0.739 bits per heavy atom. The molecule has 256 valence electrons. The molecule has 0 unspecified atom stereocenters. The van der Waals surface area contributed by atoms with Crippen LogP contribution in [0.5, 0.6) is 0 Å².